The van der Waals surface area contributed by atoms with Gasteiger partial charge >= 0.3 is 0 Å². The summed E-state index contributed by atoms with van der Waals surface area (Å²) in [5.41, 5.74) is 9.23. The molecular weight excluding hydrogens is 318 g/mol. The van der Waals surface area contributed by atoms with Crippen LogP contribution >= 0.6 is 11.3 Å². The summed E-state index contributed by atoms with van der Waals surface area (Å²) in [6.07, 6.45) is 2.13. The molecule has 0 amide bonds. The van der Waals surface area contributed by atoms with Crippen LogP contribution in [-0.2, 0) is 6.54 Å². The number of nitrogens with zero attached hydrogens (tertiary/aromatic N) is 3. The molecule has 6 heteroatoms. The van der Waals surface area contributed by atoms with Gasteiger partial charge < -0.3 is 15.6 Å². The molecule has 122 valence electrons. The third-order valence-electron chi connectivity index (χ3n) is 4.19. The van der Waals surface area contributed by atoms with Crippen molar-refractivity contribution >= 4 is 44.9 Å². The van der Waals surface area contributed by atoms with Gasteiger partial charge in [-0.1, -0.05) is 6.07 Å². The Balaban J connectivity index is 2.17. The van der Waals surface area contributed by atoms with Crippen LogP contribution in [0.15, 0.2) is 35.8 Å². The second-order valence-electron chi connectivity index (χ2n) is 5.62. The minimum atomic E-state index is 0.296. The minimum Gasteiger partial charge on any atom is -0.370 e. The molecule has 0 radical (unpaired) electrons. The van der Waals surface area contributed by atoms with Crippen LogP contribution in [0.5, 0.6) is 0 Å². The summed E-state index contributed by atoms with van der Waals surface area (Å²) in [6.45, 7) is 5.92. The monoisotopic (exact) mass is 337 g/mol. The van der Waals surface area contributed by atoms with Crippen LogP contribution in [-0.4, -0.2) is 21.1 Å². The molecule has 5 nitrogen and oxygen atoms in total. The highest BCUT2D eigenvalue weighted by Crippen LogP contribution is 2.39. The van der Waals surface area contributed by atoms with E-state index < -0.39 is 0 Å². The Morgan fingerprint density at radius 2 is 2.12 bits per heavy atom. The molecule has 1 aromatic carbocycles. The van der Waals surface area contributed by atoms with Gasteiger partial charge in [-0.2, -0.15) is 4.98 Å². The molecule has 4 aromatic rings. The number of hydrogen-bond acceptors (Lipinski definition) is 5. The maximum Gasteiger partial charge on any atom is 0.222 e. The average Bonchev–Trinajstić information content (AvgIpc) is 3.23. The van der Waals surface area contributed by atoms with Crippen LogP contribution < -0.4 is 11.1 Å². The summed E-state index contributed by atoms with van der Waals surface area (Å²) in [7, 11) is 0. The molecule has 0 spiro atoms. The molecule has 0 unspecified atom stereocenters. The third-order valence-corrected chi connectivity index (χ3v) is 5.10. The number of hydrogen-bond donors (Lipinski definition) is 2. The molecule has 0 bridgehead atoms. The van der Waals surface area contributed by atoms with Gasteiger partial charge in [-0.15, -0.1) is 11.3 Å². The molecular formula is C18H19N5S. The second-order valence-corrected chi connectivity index (χ2v) is 6.57. The van der Waals surface area contributed by atoms with Gasteiger partial charge in [-0.3, -0.25) is 0 Å². The van der Waals surface area contributed by atoms with Gasteiger partial charge in [0.1, 0.15) is 5.82 Å². The lowest BCUT2D eigenvalue weighted by Gasteiger charge is -2.13. The summed E-state index contributed by atoms with van der Waals surface area (Å²) in [5.74, 6) is 1.10. The zero-order chi connectivity index (χ0) is 16.7. The molecule has 24 heavy (non-hydrogen) atoms. The van der Waals surface area contributed by atoms with Crippen LogP contribution in [0.4, 0.5) is 11.8 Å². The topological polar surface area (TPSA) is 68.8 Å². The molecule has 3 aromatic heterocycles. The fraction of sp³-hybridized carbons (Fsp3) is 0.222. The number of nitrogen functional groups attached to an aromatic ring is 1. The minimum absolute atomic E-state index is 0.296. The highest BCUT2D eigenvalue weighted by molar-refractivity contribution is 7.13. The number of benzene rings is 1. The van der Waals surface area contributed by atoms with Crippen molar-refractivity contribution in [2.24, 2.45) is 0 Å². The van der Waals surface area contributed by atoms with E-state index in [4.69, 9.17) is 5.73 Å². The largest absolute Gasteiger partial charge is 0.370 e. The van der Waals surface area contributed by atoms with Crippen molar-refractivity contribution in [3.63, 3.8) is 0 Å². The maximum atomic E-state index is 5.93. The highest BCUT2D eigenvalue weighted by Gasteiger charge is 2.17. The number of aryl methyl sites for hydroxylation is 1. The van der Waals surface area contributed by atoms with E-state index in [1.165, 1.54) is 16.0 Å². The van der Waals surface area contributed by atoms with E-state index in [-0.39, 0.29) is 0 Å². The third kappa shape index (κ3) is 2.22. The molecule has 3 N–H and O–H groups in total. The first-order valence-corrected chi connectivity index (χ1v) is 8.97. The lowest BCUT2D eigenvalue weighted by atomic mass is 10.0. The molecule has 0 saturated heterocycles. The van der Waals surface area contributed by atoms with Crippen LogP contribution in [0.25, 0.3) is 32.2 Å². The number of nitrogens with one attached hydrogen (secondary N) is 1. The van der Waals surface area contributed by atoms with E-state index >= 15 is 0 Å². The molecule has 3 heterocycles. The molecule has 0 aliphatic carbocycles. The summed E-state index contributed by atoms with van der Waals surface area (Å²) in [4.78, 5) is 10.1. The van der Waals surface area contributed by atoms with E-state index in [0.717, 1.165) is 35.2 Å². The van der Waals surface area contributed by atoms with Crippen molar-refractivity contribution in [2.75, 3.05) is 17.6 Å². The number of fused-ring (bicyclic) bond motifs is 3. The molecule has 0 saturated carbocycles. The van der Waals surface area contributed by atoms with Crippen molar-refractivity contribution in [3.8, 4) is 10.4 Å². The number of rotatable bonds is 4. The molecule has 0 fully saturated rings. The first-order valence-electron chi connectivity index (χ1n) is 8.09. The maximum absolute atomic E-state index is 5.93. The average molecular weight is 337 g/mol. The molecule has 4 rings (SSSR count). The quantitative estimate of drug-likeness (QED) is 0.581. The lowest BCUT2D eigenvalue weighted by molar-refractivity contribution is 0.798. The van der Waals surface area contributed by atoms with Gasteiger partial charge in [0.2, 0.25) is 5.95 Å². The van der Waals surface area contributed by atoms with Crippen LogP contribution in [0, 0.1) is 0 Å². The van der Waals surface area contributed by atoms with Crippen LogP contribution in [0.2, 0.25) is 0 Å². The summed E-state index contributed by atoms with van der Waals surface area (Å²) in [5, 5.41) is 7.62. The van der Waals surface area contributed by atoms with E-state index in [1.807, 2.05) is 0 Å². The predicted octanol–water partition coefficient (Wildman–Crippen LogP) is 4.35. The first kappa shape index (κ1) is 15.0. The van der Waals surface area contributed by atoms with Gasteiger partial charge in [0.15, 0.2) is 0 Å². The smallest absolute Gasteiger partial charge is 0.222 e. The summed E-state index contributed by atoms with van der Waals surface area (Å²) < 4.78 is 2.27. The standard InChI is InChI=1S/C18H19N5S/c1-3-20-17-15-11-7-8-23(4-2)16(11)12(14-6-5-9-24-14)10-13(15)21-18(19)22-17/h5-10H,3-4H2,1-2H3,(H3,19,20,21,22). The lowest BCUT2D eigenvalue weighted by Crippen LogP contribution is -2.05. The van der Waals surface area contributed by atoms with Gasteiger partial charge in [0.05, 0.1) is 16.4 Å². The van der Waals surface area contributed by atoms with Crippen molar-refractivity contribution in [2.45, 2.75) is 20.4 Å². The fourth-order valence-electron chi connectivity index (χ4n) is 3.22. The SMILES string of the molecule is CCNc1nc(N)nc2cc(-c3cccs3)c3c(ccn3CC)c12. The van der Waals surface area contributed by atoms with E-state index in [9.17, 15) is 0 Å². The second kappa shape index (κ2) is 5.79. The van der Waals surface area contributed by atoms with Gasteiger partial charge in [-0.05, 0) is 37.4 Å². The Morgan fingerprint density at radius 1 is 1.25 bits per heavy atom. The van der Waals surface area contributed by atoms with Gasteiger partial charge in [-0.25, -0.2) is 4.98 Å². The Kier molecular flexibility index (Phi) is 3.61. The summed E-state index contributed by atoms with van der Waals surface area (Å²) in [6, 6.07) is 8.51. The van der Waals surface area contributed by atoms with Crippen LogP contribution in [0.1, 0.15) is 13.8 Å². The van der Waals surface area contributed by atoms with Crippen molar-refractivity contribution in [3.05, 3.63) is 35.8 Å². The van der Waals surface area contributed by atoms with E-state index in [0.29, 0.717) is 5.95 Å². The fourth-order valence-corrected chi connectivity index (χ4v) is 3.97. The molecule has 0 atom stereocenters. The predicted molar refractivity (Wildman–Crippen MR) is 103 cm³/mol. The highest BCUT2D eigenvalue weighted by atomic mass is 32.1. The van der Waals surface area contributed by atoms with E-state index in [2.05, 4.69) is 69.5 Å². The van der Waals surface area contributed by atoms with Gasteiger partial charge in [0.25, 0.3) is 0 Å². The number of thiophene rings is 1. The zero-order valence-corrected chi connectivity index (χ0v) is 14.5. The Labute approximate surface area is 144 Å². The molecule has 0 aliphatic rings. The molecule has 0 aliphatic heterocycles. The summed E-state index contributed by atoms with van der Waals surface area (Å²) >= 11 is 1.74. The van der Waals surface area contributed by atoms with Crippen LogP contribution in [0.3, 0.4) is 0 Å². The number of anilines is 2. The van der Waals surface area contributed by atoms with Crippen molar-refractivity contribution in [1.29, 1.82) is 0 Å². The van der Waals surface area contributed by atoms with E-state index in [1.54, 1.807) is 11.3 Å². The Morgan fingerprint density at radius 3 is 2.83 bits per heavy atom. The number of aromatic nitrogens is 3. The van der Waals surface area contributed by atoms with Crippen molar-refractivity contribution < 1.29 is 0 Å². The zero-order valence-electron chi connectivity index (χ0n) is 13.7. The van der Waals surface area contributed by atoms with Crippen molar-refractivity contribution in [1.82, 2.24) is 14.5 Å². The Bertz CT molecular complexity index is 1020. The Hall–Kier alpha value is -2.60. The normalized spacial score (nSPS) is 11.4. The first-order chi connectivity index (χ1) is 11.7. The van der Waals surface area contributed by atoms with Gasteiger partial charge in [0, 0.05) is 35.1 Å². The number of nitrogens with two attached hydrogens (primary N) is 1.